The van der Waals surface area contributed by atoms with Gasteiger partial charge in [-0.3, -0.25) is 9.78 Å². The van der Waals surface area contributed by atoms with Crippen LogP contribution in [0.1, 0.15) is 25.3 Å². The number of rotatable bonds is 4. The van der Waals surface area contributed by atoms with E-state index in [4.69, 9.17) is 5.73 Å². The first kappa shape index (κ1) is 11.7. The summed E-state index contributed by atoms with van der Waals surface area (Å²) in [5.74, 6) is -0.200. The summed E-state index contributed by atoms with van der Waals surface area (Å²) in [6.45, 7) is 4.19. The second-order valence-corrected chi connectivity index (χ2v) is 3.65. The fourth-order valence-electron chi connectivity index (χ4n) is 1.21. The van der Waals surface area contributed by atoms with Crippen LogP contribution in [0.15, 0.2) is 24.5 Å². The highest BCUT2D eigenvalue weighted by molar-refractivity contribution is 5.83. The molecular weight excluding hydrogens is 190 g/mol. The summed E-state index contributed by atoms with van der Waals surface area (Å²) in [5.41, 5.74) is 6.35. The third-order valence-electron chi connectivity index (χ3n) is 2.32. The van der Waals surface area contributed by atoms with Crippen LogP contribution in [0.3, 0.4) is 0 Å². The molecule has 1 heterocycles. The molecule has 0 spiro atoms. The average molecular weight is 207 g/mol. The number of aromatic nitrogens is 1. The molecule has 0 saturated carbocycles. The summed E-state index contributed by atoms with van der Waals surface area (Å²) in [6, 6.07) is 3.73. The lowest BCUT2D eigenvalue weighted by atomic mass is 10.0. The van der Waals surface area contributed by atoms with Crippen molar-refractivity contribution in [2.75, 3.05) is 6.54 Å². The van der Waals surface area contributed by atoms with E-state index in [-0.39, 0.29) is 17.9 Å². The molecule has 82 valence electrons. The van der Waals surface area contributed by atoms with Crippen LogP contribution in [-0.4, -0.2) is 23.5 Å². The number of nitrogens with one attached hydrogen (secondary N) is 1. The molecule has 0 radical (unpaired) electrons. The quantitative estimate of drug-likeness (QED) is 0.761. The van der Waals surface area contributed by atoms with E-state index >= 15 is 0 Å². The lowest BCUT2D eigenvalue weighted by Gasteiger charge is -2.15. The van der Waals surface area contributed by atoms with Gasteiger partial charge in [-0.25, -0.2) is 0 Å². The van der Waals surface area contributed by atoms with Crippen molar-refractivity contribution in [2.24, 2.45) is 5.73 Å². The third kappa shape index (κ3) is 3.32. The van der Waals surface area contributed by atoms with Gasteiger partial charge in [-0.15, -0.1) is 0 Å². The maximum Gasteiger partial charge on any atom is 0.227 e. The number of hydrogen-bond acceptors (Lipinski definition) is 3. The highest BCUT2D eigenvalue weighted by Crippen LogP contribution is 2.13. The molecule has 2 atom stereocenters. The van der Waals surface area contributed by atoms with Gasteiger partial charge in [0.15, 0.2) is 0 Å². The van der Waals surface area contributed by atoms with Crippen LogP contribution in [0.2, 0.25) is 0 Å². The first-order valence-electron chi connectivity index (χ1n) is 5.05. The molecule has 3 N–H and O–H groups in total. The van der Waals surface area contributed by atoms with Crippen molar-refractivity contribution in [1.29, 1.82) is 0 Å². The van der Waals surface area contributed by atoms with E-state index in [0.717, 1.165) is 5.56 Å². The second-order valence-electron chi connectivity index (χ2n) is 3.65. The number of nitrogens with two attached hydrogens (primary N) is 1. The number of amides is 1. The number of carbonyl (C=O) groups is 1. The minimum absolute atomic E-state index is 0.0108. The van der Waals surface area contributed by atoms with Gasteiger partial charge in [0, 0.05) is 25.0 Å². The molecule has 1 unspecified atom stereocenters. The Morgan fingerprint density at radius 1 is 1.60 bits per heavy atom. The Hall–Kier alpha value is -1.42. The highest BCUT2D eigenvalue weighted by atomic mass is 16.1. The van der Waals surface area contributed by atoms with Crippen LogP contribution in [0.5, 0.6) is 0 Å². The molecule has 15 heavy (non-hydrogen) atoms. The van der Waals surface area contributed by atoms with Crippen LogP contribution in [-0.2, 0) is 4.79 Å². The van der Waals surface area contributed by atoms with Crippen LogP contribution in [0.4, 0.5) is 0 Å². The van der Waals surface area contributed by atoms with Crippen molar-refractivity contribution in [2.45, 2.75) is 25.8 Å². The predicted octanol–water partition coefficient (Wildman–Crippen LogP) is 0.648. The van der Waals surface area contributed by atoms with E-state index in [1.807, 2.05) is 26.0 Å². The van der Waals surface area contributed by atoms with E-state index < -0.39 is 0 Å². The Labute approximate surface area is 89.9 Å². The van der Waals surface area contributed by atoms with E-state index in [1.54, 1.807) is 12.4 Å². The zero-order valence-electron chi connectivity index (χ0n) is 9.10. The molecule has 0 aliphatic heterocycles. The van der Waals surface area contributed by atoms with Crippen LogP contribution in [0.25, 0.3) is 0 Å². The molecule has 1 aromatic heterocycles. The van der Waals surface area contributed by atoms with Gasteiger partial charge in [-0.1, -0.05) is 6.07 Å². The summed E-state index contributed by atoms with van der Waals surface area (Å²) in [7, 11) is 0. The van der Waals surface area contributed by atoms with Gasteiger partial charge in [-0.2, -0.15) is 0 Å². The van der Waals surface area contributed by atoms with Crippen molar-refractivity contribution in [3.05, 3.63) is 30.1 Å². The van der Waals surface area contributed by atoms with Crippen molar-refractivity contribution in [3.63, 3.8) is 0 Å². The molecule has 0 fully saturated rings. The number of carbonyl (C=O) groups excluding carboxylic acids is 1. The van der Waals surface area contributed by atoms with Gasteiger partial charge >= 0.3 is 0 Å². The molecule has 0 aliphatic rings. The Bertz CT molecular complexity index is 313. The normalized spacial score (nSPS) is 14.3. The summed E-state index contributed by atoms with van der Waals surface area (Å²) >= 11 is 0. The van der Waals surface area contributed by atoms with Gasteiger partial charge in [0.1, 0.15) is 0 Å². The van der Waals surface area contributed by atoms with E-state index in [9.17, 15) is 4.79 Å². The largest absolute Gasteiger partial charge is 0.352 e. The molecule has 0 aliphatic carbocycles. The SMILES string of the molecule is CC(C(=O)N[C@@H](C)CN)c1cccnc1. The van der Waals surface area contributed by atoms with Crippen molar-refractivity contribution >= 4 is 5.91 Å². The monoisotopic (exact) mass is 207 g/mol. The number of nitrogens with zero attached hydrogens (tertiary/aromatic N) is 1. The van der Waals surface area contributed by atoms with Gasteiger partial charge in [0.05, 0.1) is 5.92 Å². The second kappa shape index (κ2) is 5.46. The smallest absolute Gasteiger partial charge is 0.227 e. The molecule has 1 rings (SSSR count). The predicted molar refractivity (Wildman–Crippen MR) is 59.3 cm³/mol. The molecule has 4 nitrogen and oxygen atoms in total. The summed E-state index contributed by atoms with van der Waals surface area (Å²) < 4.78 is 0. The van der Waals surface area contributed by atoms with Gasteiger partial charge in [0.25, 0.3) is 0 Å². The number of hydrogen-bond donors (Lipinski definition) is 2. The summed E-state index contributed by atoms with van der Waals surface area (Å²) in [4.78, 5) is 15.7. The average Bonchev–Trinajstić information content (AvgIpc) is 2.29. The topological polar surface area (TPSA) is 68.0 Å². The molecule has 0 aromatic carbocycles. The van der Waals surface area contributed by atoms with Crippen LogP contribution < -0.4 is 11.1 Å². The Kier molecular flexibility index (Phi) is 4.24. The molecule has 4 heteroatoms. The molecule has 0 bridgehead atoms. The first-order chi connectivity index (χ1) is 7.15. The first-order valence-corrected chi connectivity index (χ1v) is 5.05. The van der Waals surface area contributed by atoms with Crippen LogP contribution in [0, 0.1) is 0 Å². The van der Waals surface area contributed by atoms with Crippen molar-refractivity contribution in [1.82, 2.24) is 10.3 Å². The summed E-state index contributed by atoms with van der Waals surface area (Å²) in [5, 5.41) is 2.84. The van der Waals surface area contributed by atoms with E-state index in [2.05, 4.69) is 10.3 Å². The van der Waals surface area contributed by atoms with E-state index in [1.165, 1.54) is 0 Å². The van der Waals surface area contributed by atoms with Crippen LogP contribution >= 0.6 is 0 Å². The number of pyridine rings is 1. The van der Waals surface area contributed by atoms with Gasteiger partial charge in [0.2, 0.25) is 5.91 Å². The van der Waals surface area contributed by atoms with Crippen molar-refractivity contribution < 1.29 is 4.79 Å². The zero-order chi connectivity index (χ0) is 11.3. The highest BCUT2D eigenvalue weighted by Gasteiger charge is 2.16. The fourth-order valence-corrected chi connectivity index (χ4v) is 1.21. The maximum atomic E-state index is 11.7. The Morgan fingerprint density at radius 2 is 2.33 bits per heavy atom. The van der Waals surface area contributed by atoms with Gasteiger partial charge < -0.3 is 11.1 Å². The third-order valence-corrected chi connectivity index (χ3v) is 2.32. The van der Waals surface area contributed by atoms with E-state index in [0.29, 0.717) is 6.54 Å². The standard InChI is InChI=1S/C11H17N3O/c1-8(6-12)14-11(15)9(2)10-4-3-5-13-7-10/h3-5,7-9H,6,12H2,1-2H3,(H,14,15)/t8-,9?/m0/s1. The molecular formula is C11H17N3O. The van der Waals surface area contributed by atoms with Gasteiger partial charge in [-0.05, 0) is 25.5 Å². The minimum Gasteiger partial charge on any atom is -0.352 e. The molecule has 0 saturated heterocycles. The lowest BCUT2D eigenvalue weighted by Crippen LogP contribution is -2.39. The lowest BCUT2D eigenvalue weighted by molar-refractivity contribution is -0.122. The van der Waals surface area contributed by atoms with Crippen molar-refractivity contribution in [3.8, 4) is 0 Å². The summed E-state index contributed by atoms with van der Waals surface area (Å²) in [6.07, 6.45) is 3.40. The molecule has 1 aromatic rings. The Morgan fingerprint density at radius 3 is 2.87 bits per heavy atom. The Balaban J connectivity index is 2.61. The maximum absolute atomic E-state index is 11.7. The minimum atomic E-state index is -0.187. The zero-order valence-corrected chi connectivity index (χ0v) is 9.10. The fraction of sp³-hybridized carbons (Fsp3) is 0.455. The molecule has 1 amide bonds.